The molecule has 1 fully saturated rings. The number of hydrogen-bond donors (Lipinski definition) is 1. The molecule has 54 valence electrons. The van der Waals surface area contributed by atoms with Gasteiger partial charge in [0.2, 0.25) is 0 Å². The topological polar surface area (TPSA) is 25.8 Å². The van der Waals surface area contributed by atoms with Crippen LogP contribution in [0.4, 0.5) is 0 Å². The van der Waals surface area contributed by atoms with E-state index in [0.717, 1.165) is 13.2 Å². The zero-order chi connectivity index (χ0) is 6.53. The van der Waals surface area contributed by atoms with Crippen LogP contribution in [0.3, 0.4) is 0 Å². The molecule has 0 aliphatic carbocycles. The van der Waals surface area contributed by atoms with E-state index in [2.05, 4.69) is 7.05 Å². The molecule has 1 rings (SSSR count). The summed E-state index contributed by atoms with van der Waals surface area (Å²) < 4.78 is 5.45. The molecule has 2 N–H and O–H groups in total. The van der Waals surface area contributed by atoms with E-state index in [1.54, 1.807) is 0 Å². The van der Waals surface area contributed by atoms with Gasteiger partial charge in [0.05, 0.1) is 6.54 Å². The van der Waals surface area contributed by atoms with Gasteiger partial charge in [-0.05, 0) is 19.3 Å². The average molecular weight is 129 g/mol. The fraction of sp³-hybridized carbons (Fsp3) is 0.857. The van der Waals surface area contributed by atoms with E-state index in [0.29, 0.717) is 6.10 Å². The molecule has 0 amide bonds. The van der Waals surface area contributed by atoms with Gasteiger partial charge >= 0.3 is 0 Å². The quantitative estimate of drug-likeness (QED) is 0.518. The summed E-state index contributed by atoms with van der Waals surface area (Å²) in [6.07, 6.45) is 4.29. The second kappa shape index (κ2) is 3.85. The van der Waals surface area contributed by atoms with Crippen LogP contribution < -0.4 is 5.32 Å². The summed E-state index contributed by atoms with van der Waals surface area (Å²) in [5.41, 5.74) is 0. The van der Waals surface area contributed by atoms with Crippen LogP contribution in [0.1, 0.15) is 19.3 Å². The Balaban J connectivity index is 2.08. The summed E-state index contributed by atoms with van der Waals surface area (Å²) in [6.45, 7) is 1.98. The maximum Gasteiger partial charge on any atom is 0.104 e. The first-order chi connectivity index (χ1) is 4.43. The van der Waals surface area contributed by atoms with Gasteiger partial charge in [-0.2, -0.15) is 7.05 Å². The molecule has 9 heavy (non-hydrogen) atoms. The molecule has 1 atom stereocenters. The predicted molar refractivity (Wildman–Crippen MR) is 35.7 cm³/mol. The molecule has 0 saturated carbocycles. The fourth-order valence-corrected chi connectivity index (χ4v) is 1.18. The number of quaternary nitrogens is 1. The average Bonchev–Trinajstić information content (AvgIpc) is 1.91. The highest BCUT2D eigenvalue weighted by Crippen LogP contribution is 2.10. The van der Waals surface area contributed by atoms with Crippen LogP contribution in [0.5, 0.6) is 0 Å². The molecule has 0 aromatic carbocycles. The fourth-order valence-electron chi connectivity index (χ4n) is 1.18. The second-order valence-electron chi connectivity index (χ2n) is 2.51. The van der Waals surface area contributed by atoms with E-state index in [9.17, 15) is 0 Å². The summed E-state index contributed by atoms with van der Waals surface area (Å²) in [5, 5.41) is 1.94. The molecule has 0 radical (unpaired) electrons. The molecular formula is C7H15NO. The lowest BCUT2D eigenvalue weighted by Gasteiger charge is -2.21. The van der Waals surface area contributed by atoms with Crippen LogP contribution in [0.15, 0.2) is 0 Å². The zero-order valence-electron chi connectivity index (χ0n) is 5.81. The third kappa shape index (κ3) is 2.33. The van der Waals surface area contributed by atoms with Crippen molar-refractivity contribution in [3.63, 3.8) is 0 Å². The van der Waals surface area contributed by atoms with Gasteiger partial charge in [-0.15, -0.1) is 0 Å². The maximum absolute atomic E-state index is 5.45. The van der Waals surface area contributed by atoms with E-state index in [1.807, 2.05) is 5.32 Å². The number of nitrogens with two attached hydrogens (primary N) is 1. The van der Waals surface area contributed by atoms with Gasteiger partial charge in [0, 0.05) is 6.61 Å². The third-order valence-corrected chi connectivity index (χ3v) is 1.70. The minimum atomic E-state index is 0.483. The molecule has 1 aliphatic heterocycles. The van der Waals surface area contributed by atoms with Crippen molar-refractivity contribution in [3.05, 3.63) is 7.05 Å². The standard InChI is InChI=1S/C7H15NO/c1-8-6-7-4-2-3-5-9-7/h7H,1-6,8H2. The van der Waals surface area contributed by atoms with Crippen LogP contribution in [0, 0.1) is 7.05 Å². The van der Waals surface area contributed by atoms with Crippen molar-refractivity contribution in [1.29, 1.82) is 0 Å². The molecule has 1 saturated heterocycles. The number of hydrogen-bond acceptors (Lipinski definition) is 1. The van der Waals surface area contributed by atoms with Crippen molar-refractivity contribution < 1.29 is 10.1 Å². The Kier molecular flexibility index (Phi) is 3.01. The van der Waals surface area contributed by atoms with Gasteiger partial charge in [0.15, 0.2) is 0 Å². The van der Waals surface area contributed by atoms with Crippen molar-refractivity contribution in [2.45, 2.75) is 25.4 Å². The molecule has 1 aliphatic rings. The number of ether oxygens (including phenoxy) is 1. The molecule has 0 bridgehead atoms. The third-order valence-electron chi connectivity index (χ3n) is 1.70. The lowest BCUT2D eigenvalue weighted by molar-refractivity contribution is -0.604. The normalized spacial score (nSPS) is 28.3. The summed E-state index contributed by atoms with van der Waals surface area (Å²) in [4.78, 5) is 0. The minimum absolute atomic E-state index is 0.483. The van der Waals surface area contributed by atoms with Crippen LogP contribution >= 0.6 is 0 Å². The number of rotatable bonds is 2. The SMILES string of the molecule is [CH2-][NH2+]CC1CCCCO1. The van der Waals surface area contributed by atoms with Gasteiger partial charge in [-0.1, -0.05) is 0 Å². The van der Waals surface area contributed by atoms with Crippen LogP contribution in [0.25, 0.3) is 0 Å². The van der Waals surface area contributed by atoms with Crippen molar-refractivity contribution in [2.75, 3.05) is 13.2 Å². The highest BCUT2D eigenvalue weighted by molar-refractivity contribution is 4.60. The predicted octanol–water partition coefficient (Wildman–Crippen LogP) is -0.0895. The molecule has 0 aromatic heterocycles. The van der Waals surface area contributed by atoms with E-state index < -0.39 is 0 Å². The summed E-state index contributed by atoms with van der Waals surface area (Å²) >= 11 is 0. The zero-order valence-corrected chi connectivity index (χ0v) is 5.81. The van der Waals surface area contributed by atoms with Crippen molar-refractivity contribution >= 4 is 0 Å². The van der Waals surface area contributed by atoms with E-state index in [-0.39, 0.29) is 0 Å². The molecular weight excluding hydrogens is 114 g/mol. The van der Waals surface area contributed by atoms with Crippen molar-refractivity contribution in [3.8, 4) is 0 Å². The Hall–Kier alpha value is -0.0800. The van der Waals surface area contributed by atoms with Gasteiger partial charge in [0.25, 0.3) is 0 Å². The first-order valence-corrected chi connectivity index (χ1v) is 3.66. The van der Waals surface area contributed by atoms with Gasteiger partial charge in [0.1, 0.15) is 6.10 Å². The monoisotopic (exact) mass is 129 g/mol. The molecule has 0 aromatic rings. The van der Waals surface area contributed by atoms with Crippen LogP contribution in [0.2, 0.25) is 0 Å². The first kappa shape index (κ1) is 7.03. The highest BCUT2D eigenvalue weighted by atomic mass is 16.5. The second-order valence-corrected chi connectivity index (χ2v) is 2.51. The lowest BCUT2D eigenvalue weighted by Crippen LogP contribution is -2.79. The molecule has 2 heteroatoms. The van der Waals surface area contributed by atoms with E-state index in [1.165, 1.54) is 19.3 Å². The summed E-state index contributed by atoms with van der Waals surface area (Å²) in [5.74, 6) is 0. The largest absolute Gasteiger partial charge is 0.477 e. The lowest BCUT2D eigenvalue weighted by atomic mass is 10.1. The van der Waals surface area contributed by atoms with Crippen LogP contribution in [-0.4, -0.2) is 19.3 Å². The van der Waals surface area contributed by atoms with Crippen molar-refractivity contribution in [1.82, 2.24) is 0 Å². The summed E-state index contributed by atoms with van der Waals surface area (Å²) in [6, 6.07) is 0. The van der Waals surface area contributed by atoms with Crippen LogP contribution in [-0.2, 0) is 4.74 Å². The Morgan fingerprint density at radius 1 is 1.56 bits per heavy atom. The summed E-state index contributed by atoms with van der Waals surface area (Å²) in [7, 11) is 3.67. The maximum atomic E-state index is 5.45. The Morgan fingerprint density at radius 2 is 2.44 bits per heavy atom. The molecule has 2 nitrogen and oxygen atoms in total. The first-order valence-electron chi connectivity index (χ1n) is 3.66. The molecule has 1 unspecified atom stereocenters. The van der Waals surface area contributed by atoms with E-state index in [4.69, 9.17) is 4.74 Å². The Bertz CT molecular complexity index is 66.6. The molecule has 0 spiro atoms. The highest BCUT2D eigenvalue weighted by Gasteiger charge is 2.12. The van der Waals surface area contributed by atoms with E-state index >= 15 is 0 Å². The Morgan fingerprint density at radius 3 is 3.00 bits per heavy atom. The molecule has 1 heterocycles. The van der Waals surface area contributed by atoms with Crippen molar-refractivity contribution in [2.24, 2.45) is 0 Å². The van der Waals surface area contributed by atoms with Gasteiger partial charge < -0.3 is 10.1 Å². The Labute approximate surface area is 56.6 Å². The smallest absolute Gasteiger partial charge is 0.104 e. The van der Waals surface area contributed by atoms with Gasteiger partial charge in [-0.25, -0.2) is 0 Å². The van der Waals surface area contributed by atoms with Gasteiger partial charge in [-0.3, -0.25) is 0 Å². The minimum Gasteiger partial charge on any atom is -0.477 e.